The van der Waals surface area contributed by atoms with E-state index in [1.54, 1.807) is 0 Å². The molecule has 0 aliphatic rings. The van der Waals surface area contributed by atoms with Crippen LogP contribution in [0.25, 0.3) is 0 Å². The summed E-state index contributed by atoms with van der Waals surface area (Å²) in [5.74, 6) is 3.10. The van der Waals surface area contributed by atoms with E-state index in [9.17, 15) is 0 Å². The molecule has 0 amide bonds. The van der Waals surface area contributed by atoms with Gasteiger partial charge in [0.15, 0.2) is 0 Å². The van der Waals surface area contributed by atoms with Crippen LogP contribution in [-0.4, -0.2) is 0 Å². The zero-order chi connectivity index (χ0) is 9.84. The Labute approximate surface area is 81.0 Å². The Bertz CT molecular complexity index is 308. The predicted octanol–water partition coefficient (Wildman–Crippen LogP) is 3.12. The van der Waals surface area contributed by atoms with Crippen LogP contribution in [0.3, 0.4) is 0 Å². The van der Waals surface area contributed by atoms with Crippen molar-refractivity contribution in [3.8, 4) is 12.3 Å². The maximum atomic E-state index is 5.37. The van der Waals surface area contributed by atoms with Crippen molar-refractivity contribution in [3.05, 3.63) is 34.9 Å². The molecule has 0 fully saturated rings. The minimum atomic E-state index is 0.333. The van der Waals surface area contributed by atoms with Crippen LogP contribution in [-0.2, 0) is 6.42 Å². The molecule has 0 saturated heterocycles. The van der Waals surface area contributed by atoms with Gasteiger partial charge in [0.25, 0.3) is 0 Å². The first-order valence-corrected chi connectivity index (χ1v) is 4.66. The van der Waals surface area contributed by atoms with E-state index in [1.807, 2.05) is 0 Å². The van der Waals surface area contributed by atoms with Crippen LogP contribution in [0, 0.1) is 32.1 Å². The van der Waals surface area contributed by atoms with Crippen molar-refractivity contribution >= 4 is 0 Å². The van der Waals surface area contributed by atoms with Crippen LogP contribution in [0.5, 0.6) is 0 Å². The van der Waals surface area contributed by atoms with E-state index in [0.29, 0.717) is 5.92 Å². The summed E-state index contributed by atoms with van der Waals surface area (Å²) in [5, 5.41) is 0. The molecule has 0 spiro atoms. The van der Waals surface area contributed by atoms with Crippen molar-refractivity contribution in [2.24, 2.45) is 5.92 Å². The molecular weight excluding hydrogens is 156 g/mol. The summed E-state index contributed by atoms with van der Waals surface area (Å²) in [6.07, 6.45) is 6.37. The quantitative estimate of drug-likeness (QED) is 0.601. The van der Waals surface area contributed by atoms with Gasteiger partial charge in [0, 0.05) is 5.92 Å². The summed E-state index contributed by atoms with van der Waals surface area (Å²) < 4.78 is 0. The first-order chi connectivity index (χ1) is 6.15. The Balaban J connectivity index is 2.95. The van der Waals surface area contributed by atoms with Gasteiger partial charge in [-0.3, -0.25) is 0 Å². The second-order valence-electron chi connectivity index (χ2n) is 3.64. The van der Waals surface area contributed by atoms with E-state index in [0.717, 1.165) is 6.42 Å². The highest BCUT2D eigenvalue weighted by Crippen LogP contribution is 2.17. The Morgan fingerprint density at radius 1 is 1.31 bits per heavy atom. The third kappa shape index (κ3) is 2.36. The molecule has 0 heteroatoms. The Morgan fingerprint density at radius 3 is 2.31 bits per heavy atom. The zero-order valence-electron chi connectivity index (χ0n) is 8.59. The topological polar surface area (TPSA) is 0 Å². The number of hydrogen-bond acceptors (Lipinski definition) is 0. The van der Waals surface area contributed by atoms with Gasteiger partial charge in [0.05, 0.1) is 0 Å². The highest BCUT2D eigenvalue weighted by Gasteiger charge is 2.05. The molecule has 1 unspecified atom stereocenters. The van der Waals surface area contributed by atoms with Crippen LogP contribution in [0.1, 0.15) is 23.6 Å². The lowest BCUT2D eigenvalue weighted by molar-refractivity contribution is 0.743. The van der Waals surface area contributed by atoms with E-state index in [4.69, 9.17) is 6.42 Å². The minimum Gasteiger partial charge on any atom is -0.120 e. The molecule has 0 aliphatic carbocycles. The standard InChI is InChI=1S/C13H16/c1-5-10(2)9-13-11(3)7-6-8-12(13)4/h1,6-8,10H,9H2,2-4H3. The van der Waals surface area contributed by atoms with Gasteiger partial charge >= 0.3 is 0 Å². The van der Waals surface area contributed by atoms with Gasteiger partial charge < -0.3 is 0 Å². The second-order valence-corrected chi connectivity index (χ2v) is 3.64. The zero-order valence-corrected chi connectivity index (χ0v) is 8.59. The predicted molar refractivity (Wildman–Crippen MR) is 57.6 cm³/mol. The van der Waals surface area contributed by atoms with Crippen molar-refractivity contribution in [3.63, 3.8) is 0 Å². The van der Waals surface area contributed by atoms with Gasteiger partial charge in [0.1, 0.15) is 0 Å². The molecule has 1 aromatic rings. The van der Waals surface area contributed by atoms with E-state index in [1.165, 1.54) is 16.7 Å². The number of benzene rings is 1. The average molecular weight is 172 g/mol. The Morgan fingerprint density at radius 2 is 1.85 bits per heavy atom. The molecule has 0 saturated carbocycles. The largest absolute Gasteiger partial charge is 0.120 e. The summed E-state index contributed by atoms with van der Waals surface area (Å²) in [6, 6.07) is 6.38. The summed E-state index contributed by atoms with van der Waals surface area (Å²) in [5.41, 5.74) is 4.11. The fourth-order valence-corrected chi connectivity index (χ4v) is 1.54. The lowest BCUT2D eigenvalue weighted by Crippen LogP contribution is -2.00. The first kappa shape index (κ1) is 9.86. The maximum absolute atomic E-state index is 5.37. The maximum Gasteiger partial charge on any atom is 0.0212 e. The first-order valence-electron chi connectivity index (χ1n) is 4.66. The number of aryl methyl sites for hydroxylation is 2. The molecule has 0 radical (unpaired) electrons. The van der Waals surface area contributed by atoms with Crippen LogP contribution in [0.2, 0.25) is 0 Å². The molecule has 0 heterocycles. The molecule has 0 bridgehead atoms. The van der Waals surface area contributed by atoms with Crippen LogP contribution in [0.4, 0.5) is 0 Å². The van der Waals surface area contributed by atoms with Gasteiger partial charge in [0.2, 0.25) is 0 Å². The van der Waals surface area contributed by atoms with Gasteiger partial charge in [-0.15, -0.1) is 12.3 Å². The highest BCUT2D eigenvalue weighted by atomic mass is 14.1. The van der Waals surface area contributed by atoms with Gasteiger partial charge in [-0.05, 0) is 37.0 Å². The third-order valence-electron chi connectivity index (χ3n) is 2.44. The molecule has 0 aliphatic heterocycles. The molecule has 1 rings (SSSR count). The molecule has 1 atom stereocenters. The molecule has 0 aromatic heterocycles. The summed E-state index contributed by atoms with van der Waals surface area (Å²) in [6.45, 7) is 6.38. The highest BCUT2D eigenvalue weighted by molar-refractivity contribution is 5.34. The summed E-state index contributed by atoms with van der Waals surface area (Å²) in [4.78, 5) is 0. The lowest BCUT2D eigenvalue weighted by atomic mass is 9.94. The van der Waals surface area contributed by atoms with E-state index in [-0.39, 0.29) is 0 Å². The van der Waals surface area contributed by atoms with Crippen molar-refractivity contribution in [1.29, 1.82) is 0 Å². The fraction of sp³-hybridized carbons (Fsp3) is 0.385. The normalized spacial score (nSPS) is 12.2. The van der Waals surface area contributed by atoms with Crippen molar-refractivity contribution in [1.82, 2.24) is 0 Å². The third-order valence-corrected chi connectivity index (χ3v) is 2.44. The van der Waals surface area contributed by atoms with E-state index >= 15 is 0 Å². The summed E-state index contributed by atoms with van der Waals surface area (Å²) in [7, 11) is 0. The number of hydrogen-bond donors (Lipinski definition) is 0. The smallest absolute Gasteiger partial charge is 0.0212 e. The monoisotopic (exact) mass is 172 g/mol. The van der Waals surface area contributed by atoms with Crippen molar-refractivity contribution in [2.75, 3.05) is 0 Å². The van der Waals surface area contributed by atoms with Crippen LogP contribution in [0.15, 0.2) is 18.2 Å². The van der Waals surface area contributed by atoms with E-state index in [2.05, 4.69) is 44.9 Å². The summed E-state index contributed by atoms with van der Waals surface area (Å²) >= 11 is 0. The number of terminal acetylenes is 1. The van der Waals surface area contributed by atoms with E-state index < -0.39 is 0 Å². The number of rotatable bonds is 2. The van der Waals surface area contributed by atoms with Crippen molar-refractivity contribution in [2.45, 2.75) is 27.2 Å². The average Bonchev–Trinajstić information content (AvgIpc) is 2.11. The minimum absolute atomic E-state index is 0.333. The van der Waals surface area contributed by atoms with Crippen LogP contribution >= 0.6 is 0 Å². The lowest BCUT2D eigenvalue weighted by Gasteiger charge is -2.10. The molecule has 68 valence electrons. The molecule has 0 N–H and O–H groups in total. The van der Waals surface area contributed by atoms with Gasteiger partial charge in [-0.1, -0.05) is 25.1 Å². The molecule has 1 aromatic carbocycles. The van der Waals surface area contributed by atoms with Crippen LogP contribution < -0.4 is 0 Å². The molecule has 13 heavy (non-hydrogen) atoms. The Kier molecular flexibility index (Phi) is 3.14. The fourth-order valence-electron chi connectivity index (χ4n) is 1.54. The molecule has 0 nitrogen and oxygen atoms in total. The van der Waals surface area contributed by atoms with Gasteiger partial charge in [-0.2, -0.15) is 0 Å². The second kappa shape index (κ2) is 4.14. The molecular formula is C13H16. The van der Waals surface area contributed by atoms with Gasteiger partial charge in [-0.25, -0.2) is 0 Å². The SMILES string of the molecule is C#CC(C)Cc1c(C)cccc1C. The Hall–Kier alpha value is -1.22. The van der Waals surface area contributed by atoms with Crippen molar-refractivity contribution < 1.29 is 0 Å².